The third-order valence-electron chi connectivity index (χ3n) is 3.96. The lowest BCUT2D eigenvalue weighted by atomic mass is 9.90. The normalized spacial score (nSPS) is 31.1. The molecule has 1 N–H and O–H groups in total. The largest absolute Gasteiger partial charge is 0.391 e. The number of rotatable bonds is 3. The van der Waals surface area contributed by atoms with E-state index in [-0.39, 0.29) is 29.9 Å². The van der Waals surface area contributed by atoms with Gasteiger partial charge in [-0.15, -0.1) is 0 Å². The highest BCUT2D eigenvalue weighted by atomic mass is 16.6. The molecule has 0 radical (unpaired) electrons. The van der Waals surface area contributed by atoms with E-state index in [0.29, 0.717) is 6.42 Å². The van der Waals surface area contributed by atoms with E-state index in [1.165, 1.54) is 6.92 Å². The van der Waals surface area contributed by atoms with Crippen LogP contribution in [-0.2, 0) is 14.4 Å². The van der Waals surface area contributed by atoms with Gasteiger partial charge in [-0.25, -0.2) is 0 Å². The molecule has 0 spiro atoms. The monoisotopic (exact) mass is 272 g/mol. The van der Waals surface area contributed by atoms with Gasteiger partial charge >= 0.3 is 0 Å². The lowest BCUT2D eigenvalue weighted by molar-refractivity contribution is -0.120. The van der Waals surface area contributed by atoms with Crippen LogP contribution >= 0.6 is 0 Å². The van der Waals surface area contributed by atoms with Crippen LogP contribution in [0.15, 0.2) is 35.5 Å². The van der Waals surface area contributed by atoms with Crippen LogP contribution in [0.4, 0.5) is 0 Å². The van der Waals surface area contributed by atoms with Crippen LogP contribution in [0.2, 0.25) is 0 Å². The first-order valence-electron chi connectivity index (χ1n) is 6.72. The predicted octanol–water partition coefficient (Wildman–Crippen LogP) is 1.13. The summed E-state index contributed by atoms with van der Waals surface area (Å²) in [5.41, 5.74) is 1.79. The van der Waals surface area contributed by atoms with Crippen LogP contribution in [0, 0.1) is 11.8 Å². The predicted molar refractivity (Wildman–Crippen MR) is 73.1 cm³/mol. The molecule has 1 aromatic rings. The lowest BCUT2D eigenvalue weighted by Gasteiger charge is -2.19. The zero-order valence-corrected chi connectivity index (χ0v) is 11.2. The van der Waals surface area contributed by atoms with Crippen LogP contribution in [0.5, 0.6) is 0 Å². The van der Waals surface area contributed by atoms with Crippen LogP contribution in [-0.4, -0.2) is 30.1 Å². The summed E-state index contributed by atoms with van der Waals surface area (Å²) in [6, 6.07) is 9.63. The summed E-state index contributed by atoms with van der Waals surface area (Å²) >= 11 is 0. The number of oxime groups is 1. The molecule has 1 saturated carbocycles. The van der Waals surface area contributed by atoms with Gasteiger partial charge in [0, 0.05) is 13.0 Å². The maximum absolute atomic E-state index is 11.3. The SMILES string of the molecule is CC(=O)N[C@H]1C[C@@H](C=O)[C@@H]2ON=C(c3ccccc3)[C@@H]21. The fourth-order valence-electron chi connectivity index (χ4n) is 3.13. The summed E-state index contributed by atoms with van der Waals surface area (Å²) in [7, 11) is 0. The number of nitrogens with one attached hydrogen (secondary N) is 1. The Bertz CT molecular complexity index is 555. The molecule has 1 aliphatic heterocycles. The van der Waals surface area contributed by atoms with Crippen LogP contribution in [0.25, 0.3) is 0 Å². The number of benzene rings is 1. The van der Waals surface area contributed by atoms with E-state index >= 15 is 0 Å². The van der Waals surface area contributed by atoms with Gasteiger partial charge in [-0.05, 0) is 12.0 Å². The molecule has 1 aromatic carbocycles. The Morgan fingerprint density at radius 1 is 1.40 bits per heavy atom. The van der Waals surface area contributed by atoms with E-state index in [9.17, 15) is 9.59 Å². The summed E-state index contributed by atoms with van der Waals surface area (Å²) in [6.45, 7) is 1.48. The number of fused-ring (bicyclic) bond motifs is 1. The minimum absolute atomic E-state index is 0.0588. The second-order valence-corrected chi connectivity index (χ2v) is 5.28. The quantitative estimate of drug-likeness (QED) is 0.839. The highest BCUT2D eigenvalue weighted by molar-refractivity contribution is 6.04. The Morgan fingerprint density at radius 2 is 2.15 bits per heavy atom. The van der Waals surface area contributed by atoms with Crippen molar-refractivity contribution in [3.63, 3.8) is 0 Å². The van der Waals surface area contributed by atoms with Gasteiger partial charge in [-0.1, -0.05) is 35.5 Å². The molecule has 5 nitrogen and oxygen atoms in total. The van der Waals surface area contributed by atoms with Crippen molar-refractivity contribution >= 4 is 17.9 Å². The molecule has 104 valence electrons. The molecule has 4 atom stereocenters. The summed E-state index contributed by atoms with van der Waals surface area (Å²) in [4.78, 5) is 28.0. The third-order valence-corrected chi connectivity index (χ3v) is 3.96. The zero-order valence-electron chi connectivity index (χ0n) is 11.2. The molecule has 5 heteroatoms. The second kappa shape index (κ2) is 5.07. The average molecular weight is 272 g/mol. The van der Waals surface area contributed by atoms with E-state index < -0.39 is 0 Å². The van der Waals surface area contributed by atoms with Gasteiger partial charge < -0.3 is 14.9 Å². The summed E-state index contributed by atoms with van der Waals surface area (Å²) in [5.74, 6) is -0.377. The highest BCUT2D eigenvalue weighted by Gasteiger charge is 2.51. The van der Waals surface area contributed by atoms with Gasteiger partial charge in [0.05, 0.1) is 17.5 Å². The maximum atomic E-state index is 11.3. The number of carbonyl (C=O) groups excluding carboxylic acids is 2. The highest BCUT2D eigenvalue weighted by Crippen LogP contribution is 2.39. The molecule has 1 aliphatic carbocycles. The van der Waals surface area contributed by atoms with Crippen LogP contribution in [0.1, 0.15) is 18.9 Å². The van der Waals surface area contributed by atoms with Crippen molar-refractivity contribution in [2.24, 2.45) is 17.0 Å². The van der Waals surface area contributed by atoms with Gasteiger partial charge in [0.15, 0.2) is 0 Å². The number of carbonyl (C=O) groups is 2. The number of aldehydes is 1. The topological polar surface area (TPSA) is 67.8 Å². The fourth-order valence-corrected chi connectivity index (χ4v) is 3.13. The van der Waals surface area contributed by atoms with Crippen molar-refractivity contribution in [3.05, 3.63) is 35.9 Å². The zero-order chi connectivity index (χ0) is 14.1. The van der Waals surface area contributed by atoms with E-state index in [4.69, 9.17) is 4.84 Å². The molecule has 2 aliphatic rings. The van der Waals surface area contributed by atoms with Crippen molar-refractivity contribution < 1.29 is 14.4 Å². The Morgan fingerprint density at radius 3 is 2.80 bits per heavy atom. The summed E-state index contributed by atoms with van der Waals surface area (Å²) < 4.78 is 0. The van der Waals surface area contributed by atoms with E-state index in [2.05, 4.69) is 10.5 Å². The van der Waals surface area contributed by atoms with Crippen molar-refractivity contribution in [1.82, 2.24) is 5.32 Å². The molecule has 1 heterocycles. The number of nitrogens with zero attached hydrogens (tertiary/aromatic N) is 1. The average Bonchev–Trinajstić information content (AvgIpc) is 3.00. The Hall–Kier alpha value is -2.17. The molecular weight excluding hydrogens is 256 g/mol. The maximum Gasteiger partial charge on any atom is 0.217 e. The minimum Gasteiger partial charge on any atom is -0.391 e. The molecular formula is C15H16N2O3. The first-order chi connectivity index (χ1) is 9.70. The van der Waals surface area contributed by atoms with Crippen LogP contribution in [0.3, 0.4) is 0 Å². The standard InChI is InChI=1S/C15H16N2O3/c1-9(19)16-12-7-11(8-18)15-13(12)14(17-20-15)10-5-3-2-4-6-10/h2-6,8,11-13,15H,7H2,1H3,(H,16,19)/t11-,12-,13-,15-/m0/s1. The van der Waals surface area contributed by atoms with E-state index in [1.54, 1.807) is 0 Å². The Kier molecular flexibility index (Phi) is 3.26. The van der Waals surface area contributed by atoms with Crippen molar-refractivity contribution in [1.29, 1.82) is 0 Å². The second-order valence-electron chi connectivity index (χ2n) is 5.28. The smallest absolute Gasteiger partial charge is 0.217 e. The molecule has 1 amide bonds. The lowest BCUT2D eigenvalue weighted by Crippen LogP contribution is -2.40. The first-order valence-corrected chi connectivity index (χ1v) is 6.72. The summed E-state index contributed by atoms with van der Waals surface area (Å²) in [6.07, 6.45) is 1.24. The van der Waals surface area contributed by atoms with Gasteiger partial charge in [0.1, 0.15) is 12.4 Å². The number of amides is 1. The number of hydrogen-bond acceptors (Lipinski definition) is 4. The van der Waals surface area contributed by atoms with Crippen molar-refractivity contribution in [2.45, 2.75) is 25.5 Å². The Labute approximate surface area is 117 Å². The molecule has 1 fully saturated rings. The van der Waals surface area contributed by atoms with Crippen molar-refractivity contribution in [3.8, 4) is 0 Å². The number of hydrogen-bond donors (Lipinski definition) is 1. The van der Waals surface area contributed by atoms with Gasteiger partial charge in [0.2, 0.25) is 5.91 Å². The minimum atomic E-state index is -0.264. The van der Waals surface area contributed by atoms with Crippen molar-refractivity contribution in [2.75, 3.05) is 0 Å². The van der Waals surface area contributed by atoms with E-state index in [1.807, 2.05) is 30.3 Å². The van der Waals surface area contributed by atoms with Gasteiger partial charge in [-0.2, -0.15) is 0 Å². The summed E-state index contributed by atoms with van der Waals surface area (Å²) in [5, 5.41) is 7.07. The first kappa shape index (κ1) is 12.8. The van der Waals surface area contributed by atoms with Gasteiger partial charge in [0.25, 0.3) is 0 Å². The van der Waals surface area contributed by atoms with Gasteiger partial charge in [-0.3, -0.25) is 4.79 Å². The molecule has 3 rings (SSSR count). The van der Waals surface area contributed by atoms with E-state index in [0.717, 1.165) is 17.6 Å². The van der Waals surface area contributed by atoms with Crippen LogP contribution < -0.4 is 5.32 Å². The third kappa shape index (κ3) is 2.09. The molecule has 0 bridgehead atoms. The molecule has 0 saturated heterocycles. The molecule has 0 aromatic heterocycles. The molecule has 0 unspecified atom stereocenters. The fraction of sp³-hybridized carbons (Fsp3) is 0.400. The Balaban J connectivity index is 1.91. The molecule has 20 heavy (non-hydrogen) atoms.